The molecule has 5 nitrogen and oxygen atoms in total. The summed E-state index contributed by atoms with van der Waals surface area (Å²) in [5.41, 5.74) is 5.48. The zero-order chi connectivity index (χ0) is 11.0. The SMILES string of the molecule is C=C(C)C(=O)OCC(O)COCCN. The highest BCUT2D eigenvalue weighted by Crippen LogP contribution is 1.94. The van der Waals surface area contributed by atoms with Crippen molar-refractivity contribution in [2.24, 2.45) is 5.73 Å². The van der Waals surface area contributed by atoms with Gasteiger partial charge < -0.3 is 20.3 Å². The van der Waals surface area contributed by atoms with Crippen molar-refractivity contribution in [3.8, 4) is 0 Å². The molecule has 0 aromatic heterocycles. The molecule has 14 heavy (non-hydrogen) atoms. The highest BCUT2D eigenvalue weighted by molar-refractivity contribution is 5.86. The minimum absolute atomic E-state index is 0.0870. The Kier molecular flexibility index (Phi) is 7.00. The molecule has 0 bridgehead atoms. The Morgan fingerprint density at radius 1 is 1.57 bits per heavy atom. The Labute approximate surface area is 83.5 Å². The largest absolute Gasteiger partial charge is 0.460 e. The predicted molar refractivity (Wildman–Crippen MR) is 51.7 cm³/mol. The fraction of sp³-hybridized carbons (Fsp3) is 0.667. The molecule has 0 aromatic carbocycles. The molecule has 0 radical (unpaired) electrons. The first kappa shape index (κ1) is 13.1. The summed E-state index contributed by atoms with van der Waals surface area (Å²) in [6, 6.07) is 0. The minimum Gasteiger partial charge on any atom is -0.460 e. The lowest BCUT2D eigenvalue weighted by molar-refractivity contribution is -0.143. The Bertz CT molecular complexity index is 193. The summed E-state index contributed by atoms with van der Waals surface area (Å²) in [6.07, 6.45) is -0.815. The van der Waals surface area contributed by atoms with E-state index >= 15 is 0 Å². The zero-order valence-electron chi connectivity index (χ0n) is 8.36. The van der Waals surface area contributed by atoms with Crippen LogP contribution in [0.4, 0.5) is 0 Å². The van der Waals surface area contributed by atoms with E-state index in [2.05, 4.69) is 6.58 Å². The molecule has 1 unspecified atom stereocenters. The fourth-order valence-electron chi connectivity index (χ4n) is 0.646. The van der Waals surface area contributed by atoms with E-state index in [1.807, 2.05) is 0 Å². The number of carbonyl (C=O) groups is 1. The van der Waals surface area contributed by atoms with Crippen LogP contribution in [0.15, 0.2) is 12.2 Å². The van der Waals surface area contributed by atoms with E-state index in [1.54, 1.807) is 6.92 Å². The standard InChI is InChI=1S/C9H17NO4/c1-7(2)9(12)14-6-8(11)5-13-4-3-10/h8,11H,1,3-6,10H2,2H3. The summed E-state index contributed by atoms with van der Waals surface area (Å²) in [4.78, 5) is 10.9. The molecule has 0 fully saturated rings. The minimum atomic E-state index is -0.815. The first-order valence-corrected chi connectivity index (χ1v) is 4.36. The molecular formula is C9H17NO4. The summed E-state index contributed by atoms with van der Waals surface area (Å²) in [6.45, 7) is 5.75. The van der Waals surface area contributed by atoms with Crippen molar-refractivity contribution in [3.63, 3.8) is 0 Å². The smallest absolute Gasteiger partial charge is 0.333 e. The Morgan fingerprint density at radius 3 is 2.71 bits per heavy atom. The number of carbonyl (C=O) groups excluding carboxylic acids is 1. The maximum Gasteiger partial charge on any atom is 0.333 e. The number of aliphatic hydroxyl groups is 1. The normalized spacial score (nSPS) is 12.2. The van der Waals surface area contributed by atoms with E-state index in [9.17, 15) is 9.90 Å². The lowest BCUT2D eigenvalue weighted by Crippen LogP contribution is -2.25. The van der Waals surface area contributed by atoms with Gasteiger partial charge in [0.2, 0.25) is 0 Å². The van der Waals surface area contributed by atoms with Crippen molar-refractivity contribution in [3.05, 3.63) is 12.2 Å². The van der Waals surface area contributed by atoms with Crippen molar-refractivity contribution < 1.29 is 19.4 Å². The molecule has 0 spiro atoms. The van der Waals surface area contributed by atoms with Crippen molar-refractivity contribution in [1.82, 2.24) is 0 Å². The number of ether oxygens (including phenoxy) is 2. The lowest BCUT2D eigenvalue weighted by Gasteiger charge is -2.11. The van der Waals surface area contributed by atoms with Gasteiger partial charge in [-0.3, -0.25) is 0 Å². The summed E-state index contributed by atoms with van der Waals surface area (Å²) in [7, 11) is 0. The van der Waals surface area contributed by atoms with Gasteiger partial charge in [-0.25, -0.2) is 4.79 Å². The number of rotatable bonds is 7. The fourth-order valence-corrected chi connectivity index (χ4v) is 0.646. The molecule has 5 heteroatoms. The Hall–Kier alpha value is -0.910. The van der Waals surface area contributed by atoms with E-state index in [0.717, 1.165) is 0 Å². The van der Waals surface area contributed by atoms with Crippen LogP contribution in [0.3, 0.4) is 0 Å². The van der Waals surface area contributed by atoms with E-state index in [0.29, 0.717) is 18.7 Å². The van der Waals surface area contributed by atoms with Crippen LogP contribution >= 0.6 is 0 Å². The summed E-state index contributed by atoms with van der Waals surface area (Å²) < 4.78 is 9.64. The quantitative estimate of drug-likeness (QED) is 0.329. The van der Waals surface area contributed by atoms with Gasteiger partial charge in [-0.05, 0) is 6.92 Å². The molecular weight excluding hydrogens is 186 g/mol. The third-order valence-corrected chi connectivity index (χ3v) is 1.33. The molecule has 0 aromatic rings. The number of aliphatic hydroxyl groups excluding tert-OH is 1. The second kappa shape index (κ2) is 7.49. The summed E-state index contributed by atoms with van der Waals surface area (Å²) in [5.74, 6) is -0.511. The second-order valence-electron chi connectivity index (χ2n) is 2.90. The van der Waals surface area contributed by atoms with Gasteiger partial charge >= 0.3 is 5.97 Å². The third kappa shape index (κ3) is 6.59. The average molecular weight is 203 g/mol. The third-order valence-electron chi connectivity index (χ3n) is 1.33. The van der Waals surface area contributed by atoms with Gasteiger partial charge in [0.1, 0.15) is 12.7 Å². The summed E-state index contributed by atoms with van der Waals surface area (Å²) >= 11 is 0. The van der Waals surface area contributed by atoms with Gasteiger partial charge in [-0.2, -0.15) is 0 Å². The van der Waals surface area contributed by atoms with Crippen LogP contribution in [0.5, 0.6) is 0 Å². The number of nitrogens with two attached hydrogens (primary N) is 1. The molecule has 3 N–H and O–H groups in total. The monoisotopic (exact) mass is 203 g/mol. The average Bonchev–Trinajstić information content (AvgIpc) is 2.14. The van der Waals surface area contributed by atoms with Gasteiger partial charge in [0, 0.05) is 12.1 Å². The predicted octanol–water partition coefficient (Wildman–Crippen LogP) is -0.558. The van der Waals surface area contributed by atoms with Crippen LogP contribution in [-0.4, -0.2) is 43.5 Å². The topological polar surface area (TPSA) is 81.8 Å². The highest BCUT2D eigenvalue weighted by Gasteiger charge is 2.08. The molecule has 0 saturated carbocycles. The highest BCUT2D eigenvalue weighted by atomic mass is 16.5. The number of esters is 1. The van der Waals surface area contributed by atoms with Crippen LogP contribution in [0, 0.1) is 0 Å². The van der Waals surface area contributed by atoms with Crippen LogP contribution in [0.25, 0.3) is 0 Å². The molecule has 0 saturated heterocycles. The molecule has 0 amide bonds. The van der Waals surface area contributed by atoms with Gasteiger partial charge in [0.05, 0.1) is 13.2 Å². The molecule has 0 aliphatic heterocycles. The number of hydrogen-bond donors (Lipinski definition) is 2. The Balaban J connectivity index is 3.48. The van der Waals surface area contributed by atoms with Gasteiger partial charge in [-0.1, -0.05) is 6.58 Å². The van der Waals surface area contributed by atoms with Crippen molar-refractivity contribution in [2.75, 3.05) is 26.4 Å². The van der Waals surface area contributed by atoms with Crippen molar-refractivity contribution in [2.45, 2.75) is 13.0 Å². The molecule has 1 atom stereocenters. The van der Waals surface area contributed by atoms with E-state index in [-0.39, 0.29) is 13.2 Å². The summed E-state index contributed by atoms with van der Waals surface area (Å²) in [5, 5.41) is 9.23. The molecule has 0 aliphatic carbocycles. The molecule has 0 rings (SSSR count). The van der Waals surface area contributed by atoms with Crippen LogP contribution in [-0.2, 0) is 14.3 Å². The number of hydrogen-bond acceptors (Lipinski definition) is 5. The first-order valence-electron chi connectivity index (χ1n) is 4.36. The molecule has 82 valence electrons. The van der Waals surface area contributed by atoms with Crippen molar-refractivity contribution in [1.29, 1.82) is 0 Å². The molecule has 0 heterocycles. The zero-order valence-corrected chi connectivity index (χ0v) is 8.36. The lowest BCUT2D eigenvalue weighted by atomic mass is 10.3. The first-order chi connectivity index (χ1) is 6.57. The second-order valence-corrected chi connectivity index (χ2v) is 2.90. The Morgan fingerprint density at radius 2 is 2.21 bits per heavy atom. The maximum atomic E-state index is 10.9. The van der Waals surface area contributed by atoms with Gasteiger partial charge in [0.15, 0.2) is 0 Å². The van der Waals surface area contributed by atoms with Crippen LogP contribution in [0.1, 0.15) is 6.92 Å². The van der Waals surface area contributed by atoms with E-state index in [1.165, 1.54) is 0 Å². The van der Waals surface area contributed by atoms with Gasteiger partial charge in [0.25, 0.3) is 0 Å². The maximum absolute atomic E-state index is 10.9. The molecule has 0 aliphatic rings. The van der Waals surface area contributed by atoms with E-state index < -0.39 is 12.1 Å². The van der Waals surface area contributed by atoms with Crippen molar-refractivity contribution >= 4 is 5.97 Å². The van der Waals surface area contributed by atoms with Gasteiger partial charge in [-0.15, -0.1) is 0 Å². The van der Waals surface area contributed by atoms with Crippen LogP contribution < -0.4 is 5.73 Å². The van der Waals surface area contributed by atoms with Crippen LogP contribution in [0.2, 0.25) is 0 Å². The van der Waals surface area contributed by atoms with E-state index in [4.69, 9.17) is 15.2 Å².